The molecule has 0 aliphatic carbocycles. The maximum Gasteiger partial charge on any atom is 0.250 e. The van der Waals surface area contributed by atoms with Gasteiger partial charge in [0.05, 0.1) is 0 Å². The third-order valence-corrected chi connectivity index (χ3v) is 2.34. The lowest BCUT2D eigenvalue weighted by molar-refractivity contribution is -0.114. The van der Waals surface area contributed by atoms with Crippen LogP contribution in [0.1, 0.15) is 13.8 Å². The number of allylic oxidation sites excluding steroid dienone is 3. The molecule has 1 aromatic rings. The third kappa shape index (κ3) is 3.52. The van der Waals surface area contributed by atoms with Crippen molar-refractivity contribution < 1.29 is 13.6 Å². The highest BCUT2D eigenvalue weighted by molar-refractivity contribution is 6.01. The van der Waals surface area contributed by atoms with Crippen molar-refractivity contribution in [2.24, 2.45) is 0 Å². The summed E-state index contributed by atoms with van der Waals surface area (Å²) >= 11 is 0. The van der Waals surface area contributed by atoms with E-state index in [4.69, 9.17) is 0 Å². The van der Waals surface area contributed by atoms with Gasteiger partial charge in [-0.05, 0) is 26.0 Å². The van der Waals surface area contributed by atoms with E-state index in [1.165, 1.54) is 17.0 Å². The predicted octanol–water partition coefficient (Wildman–Crippen LogP) is 3.45. The highest BCUT2D eigenvalue weighted by Crippen LogP contribution is 2.18. The Balaban J connectivity index is 2.95. The van der Waals surface area contributed by atoms with Crippen LogP contribution in [-0.2, 0) is 4.79 Å². The van der Waals surface area contributed by atoms with Gasteiger partial charge in [0, 0.05) is 24.4 Å². The molecule has 1 amide bonds. The zero-order valence-corrected chi connectivity index (χ0v) is 10.4. The van der Waals surface area contributed by atoms with Gasteiger partial charge < -0.3 is 4.90 Å². The van der Waals surface area contributed by atoms with Crippen molar-refractivity contribution in [3.05, 3.63) is 54.1 Å². The van der Waals surface area contributed by atoms with E-state index in [1.807, 2.05) is 6.92 Å². The Hall–Kier alpha value is -1.97. The number of amides is 1. The molecule has 2 nitrogen and oxygen atoms in total. The van der Waals surface area contributed by atoms with Crippen molar-refractivity contribution in [1.29, 1.82) is 0 Å². The van der Waals surface area contributed by atoms with E-state index in [0.717, 1.165) is 12.1 Å². The molecule has 18 heavy (non-hydrogen) atoms. The number of anilines is 1. The number of hydrogen-bond donors (Lipinski definition) is 0. The summed E-state index contributed by atoms with van der Waals surface area (Å²) in [7, 11) is 0. The third-order valence-electron chi connectivity index (χ3n) is 2.34. The van der Waals surface area contributed by atoms with E-state index in [2.05, 4.69) is 0 Å². The molecular formula is C14H15F2NO. The van der Waals surface area contributed by atoms with Crippen LogP contribution in [0.5, 0.6) is 0 Å². The number of rotatable bonds is 4. The van der Waals surface area contributed by atoms with Gasteiger partial charge in [0.1, 0.15) is 0 Å². The second-order valence-electron chi connectivity index (χ2n) is 3.57. The van der Waals surface area contributed by atoms with Crippen molar-refractivity contribution in [3.8, 4) is 0 Å². The number of nitrogens with zero attached hydrogens (tertiary/aromatic N) is 1. The van der Waals surface area contributed by atoms with Gasteiger partial charge in [-0.15, -0.1) is 0 Å². The van der Waals surface area contributed by atoms with E-state index in [9.17, 15) is 13.6 Å². The number of benzene rings is 1. The van der Waals surface area contributed by atoms with Gasteiger partial charge in [0.15, 0.2) is 11.6 Å². The van der Waals surface area contributed by atoms with Gasteiger partial charge in [0.2, 0.25) is 0 Å². The average Bonchev–Trinajstić information content (AvgIpc) is 2.35. The highest BCUT2D eigenvalue weighted by atomic mass is 19.2. The van der Waals surface area contributed by atoms with Crippen molar-refractivity contribution in [1.82, 2.24) is 0 Å². The summed E-state index contributed by atoms with van der Waals surface area (Å²) in [5.74, 6) is -2.16. The van der Waals surface area contributed by atoms with Crippen LogP contribution in [-0.4, -0.2) is 12.5 Å². The molecule has 0 saturated carbocycles. The normalized spacial score (nSPS) is 11.3. The molecule has 0 aliphatic heterocycles. The lowest BCUT2D eigenvalue weighted by Gasteiger charge is -2.19. The Morgan fingerprint density at radius 3 is 2.56 bits per heavy atom. The van der Waals surface area contributed by atoms with Crippen molar-refractivity contribution >= 4 is 11.6 Å². The largest absolute Gasteiger partial charge is 0.309 e. The average molecular weight is 251 g/mol. The zero-order chi connectivity index (χ0) is 13.5. The minimum Gasteiger partial charge on any atom is -0.309 e. The van der Waals surface area contributed by atoms with Crippen molar-refractivity contribution in [2.45, 2.75) is 13.8 Å². The van der Waals surface area contributed by atoms with E-state index in [1.54, 1.807) is 25.2 Å². The van der Waals surface area contributed by atoms with E-state index in [-0.39, 0.29) is 5.91 Å². The minimum atomic E-state index is -0.962. The van der Waals surface area contributed by atoms with Crippen molar-refractivity contribution in [3.63, 3.8) is 0 Å². The number of carbonyl (C=O) groups is 1. The van der Waals surface area contributed by atoms with Gasteiger partial charge in [-0.25, -0.2) is 8.78 Å². The number of halogens is 2. The van der Waals surface area contributed by atoms with Crippen LogP contribution in [0.15, 0.2) is 42.5 Å². The lowest BCUT2D eigenvalue weighted by atomic mass is 10.2. The van der Waals surface area contributed by atoms with Crippen LogP contribution < -0.4 is 4.90 Å². The molecule has 0 aromatic heterocycles. The van der Waals surface area contributed by atoms with Gasteiger partial charge >= 0.3 is 0 Å². The summed E-state index contributed by atoms with van der Waals surface area (Å²) in [5.41, 5.74) is 0.339. The quantitative estimate of drug-likeness (QED) is 0.593. The van der Waals surface area contributed by atoms with Crippen molar-refractivity contribution in [2.75, 3.05) is 11.4 Å². The predicted molar refractivity (Wildman–Crippen MR) is 68.3 cm³/mol. The molecule has 1 rings (SSSR count). The monoisotopic (exact) mass is 251 g/mol. The molecule has 0 radical (unpaired) electrons. The fourth-order valence-corrected chi connectivity index (χ4v) is 1.46. The molecule has 1 aromatic carbocycles. The highest BCUT2D eigenvalue weighted by Gasteiger charge is 2.13. The Kier molecular flexibility index (Phi) is 5.24. The molecule has 0 spiro atoms. The molecule has 0 saturated heterocycles. The lowest BCUT2D eigenvalue weighted by Crippen LogP contribution is -2.28. The molecule has 0 unspecified atom stereocenters. The number of carbonyl (C=O) groups excluding carboxylic acids is 1. The molecule has 0 aliphatic rings. The summed E-state index contributed by atoms with van der Waals surface area (Å²) in [6, 6.07) is 3.40. The molecule has 0 heterocycles. The van der Waals surface area contributed by atoms with Crippen LogP contribution in [0.2, 0.25) is 0 Å². The first-order valence-electron chi connectivity index (χ1n) is 5.66. The fraction of sp³-hybridized carbons (Fsp3) is 0.214. The first-order chi connectivity index (χ1) is 8.60. The number of likely N-dealkylation sites (N-methyl/N-ethyl adjacent to an activating group) is 1. The van der Waals surface area contributed by atoms with Gasteiger partial charge in [0.25, 0.3) is 5.91 Å². The SMILES string of the molecule is C/C=C/C=C/C(=O)N(CC)c1ccc(F)c(F)c1. The van der Waals surface area contributed by atoms with E-state index >= 15 is 0 Å². The summed E-state index contributed by atoms with van der Waals surface area (Å²) in [5, 5.41) is 0. The number of hydrogen-bond acceptors (Lipinski definition) is 1. The topological polar surface area (TPSA) is 20.3 Å². The standard InChI is InChI=1S/C14H15F2NO/c1-3-5-6-7-14(18)17(4-2)11-8-9-12(15)13(16)10-11/h3,5-10H,4H2,1-2H3/b5-3+,7-6+. The van der Waals surface area contributed by atoms with E-state index in [0.29, 0.717) is 12.2 Å². The van der Waals surface area contributed by atoms with Crippen LogP contribution in [0, 0.1) is 11.6 Å². The Labute approximate surface area is 105 Å². The molecule has 0 N–H and O–H groups in total. The Bertz CT molecular complexity index is 481. The fourth-order valence-electron chi connectivity index (χ4n) is 1.46. The minimum absolute atomic E-state index is 0.276. The molecule has 96 valence electrons. The summed E-state index contributed by atoms with van der Waals surface area (Å²) in [6.45, 7) is 3.98. The van der Waals surface area contributed by atoms with Crippen LogP contribution >= 0.6 is 0 Å². The van der Waals surface area contributed by atoms with Gasteiger partial charge in [-0.2, -0.15) is 0 Å². The van der Waals surface area contributed by atoms with Crippen LogP contribution in [0.25, 0.3) is 0 Å². The van der Waals surface area contributed by atoms with Crippen LogP contribution in [0.4, 0.5) is 14.5 Å². The molecule has 0 fully saturated rings. The molecule has 0 bridgehead atoms. The molecule has 0 atom stereocenters. The first-order valence-corrected chi connectivity index (χ1v) is 5.66. The van der Waals surface area contributed by atoms with E-state index < -0.39 is 11.6 Å². The second-order valence-corrected chi connectivity index (χ2v) is 3.57. The molecule has 4 heteroatoms. The zero-order valence-electron chi connectivity index (χ0n) is 10.4. The summed E-state index contributed by atoms with van der Waals surface area (Å²) in [6.07, 6.45) is 6.49. The van der Waals surface area contributed by atoms with Gasteiger partial charge in [-0.3, -0.25) is 4.79 Å². The van der Waals surface area contributed by atoms with Gasteiger partial charge in [-0.1, -0.05) is 18.2 Å². The summed E-state index contributed by atoms with van der Waals surface area (Å²) < 4.78 is 25.9. The molecular weight excluding hydrogens is 236 g/mol. The summed E-state index contributed by atoms with van der Waals surface area (Å²) in [4.78, 5) is 13.2. The smallest absolute Gasteiger partial charge is 0.250 e. The Morgan fingerprint density at radius 2 is 2.00 bits per heavy atom. The Morgan fingerprint density at radius 1 is 1.28 bits per heavy atom. The second kappa shape index (κ2) is 6.69. The maximum atomic E-state index is 13.1. The first kappa shape index (κ1) is 14.1. The maximum absolute atomic E-state index is 13.1. The van der Waals surface area contributed by atoms with Crippen LogP contribution in [0.3, 0.4) is 0 Å².